The Morgan fingerprint density at radius 2 is 1.38 bits per heavy atom. The van der Waals surface area contributed by atoms with Gasteiger partial charge in [-0.25, -0.2) is 4.98 Å². The Labute approximate surface area is 121 Å². The van der Waals surface area contributed by atoms with Crippen molar-refractivity contribution in [3.8, 4) is 0 Å². The van der Waals surface area contributed by atoms with Crippen molar-refractivity contribution in [3.05, 3.63) is 60.9 Å². The Bertz CT molecular complexity index is 814. The van der Waals surface area contributed by atoms with Crippen LogP contribution in [0.1, 0.15) is 0 Å². The van der Waals surface area contributed by atoms with Crippen LogP contribution in [-0.4, -0.2) is 15.2 Å². The second-order valence-electron chi connectivity index (χ2n) is 4.59. The molecule has 2 heterocycles. The standard InChI is InChI=1S/C13H10N2.C3H5N3/c14-13-9-5-1-3-7-11(9)15-12-8-4-2-6-10(12)13;4-3-1-5-6-2-3/h1-8H,(H2,14,15);1-2H,4H2,(H,5,6). The molecule has 0 aliphatic carbocycles. The van der Waals surface area contributed by atoms with E-state index in [9.17, 15) is 0 Å². The number of pyridine rings is 1. The Hall–Kier alpha value is -3.08. The molecule has 0 saturated carbocycles. The fourth-order valence-electron chi connectivity index (χ4n) is 2.13. The van der Waals surface area contributed by atoms with Gasteiger partial charge in [0.15, 0.2) is 0 Å². The van der Waals surface area contributed by atoms with Gasteiger partial charge < -0.3 is 11.5 Å². The highest BCUT2D eigenvalue weighted by Crippen LogP contribution is 2.27. The van der Waals surface area contributed by atoms with Crippen LogP contribution in [0.25, 0.3) is 21.8 Å². The van der Waals surface area contributed by atoms with Crippen molar-refractivity contribution in [1.82, 2.24) is 15.2 Å². The molecule has 0 aliphatic rings. The summed E-state index contributed by atoms with van der Waals surface area (Å²) in [6.45, 7) is 0. The van der Waals surface area contributed by atoms with E-state index < -0.39 is 0 Å². The first-order chi connectivity index (χ1) is 10.3. The fraction of sp³-hybridized carbons (Fsp3) is 0. The van der Waals surface area contributed by atoms with E-state index in [0.29, 0.717) is 5.69 Å². The van der Waals surface area contributed by atoms with Crippen molar-refractivity contribution in [2.24, 2.45) is 0 Å². The van der Waals surface area contributed by atoms with E-state index >= 15 is 0 Å². The lowest BCUT2D eigenvalue weighted by Gasteiger charge is -2.05. The van der Waals surface area contributed by atoms with E-state index in [-0.39, 0.29) is 0 Å². The van der Waals surface area contributed by atoms with Gasteiger partial charge in [0.1, 0.15) is 0 Å². The van der Waals surface area contributed by atoms with Gasteiger partial charge in [0.2, 0.25) is 0 Å². The molecule has 4 aromatic rings. The highest BCUT2D eigenvalue weighted by molar-refractivity contribution is 6.06. The summed E-state index contributed by atoms with van der Waals surface area (Å²) in [6.07, 6.45) is 3.18. The van der Waals surface area contributed by atoms with Gasteiger partial charge in [-0.2, -0.15) is 5.10 Å². The number of aromatic nitrogens is 3. The van der Waals surface area contributed by atoms with Crippen LogP contribution in [0.3, 0.4) is 0 Å². The molecule has 0 fully saturated rings. The van der Waals surface area contributed by atoms with Gasteiger partial charge in [-0.15, -0.1) is 0 Å². The zero-order valence-electron chi connectivity index (χ0n) is 11.3. The third kappa shape index (κ3) is 2.62. The first kappa shape index (κ1) is 12.9. The number of hydrogen-bond acceptors (Lipinski definition) is 4. The molecule has 0 bridgehead atoms. The zero-order chi connectivity index (χ0) is 14.7. The average Bonchev–Trinajstić information content (AvgIpc) is 2.99. The third-order valence-corrected chi connectivity index (χ3v) is 3.15. The molecule has 2 aromatic carbocycles. The molecule has 0 saturated heterocycles. The molecule has 21 heavy (non-hydrogen) atoms. The monoisotopic (exact) mass is 277 g/mol. The molecule has 0 atom stereocenters. The van der Waals surface area contributed by atoms with E-state index in [2.05, 4.69) is 15.2 Å². The average molecular weight is 277 g/mol. The Morgan fingerprint density at radius 1 is 0.810 bits per heavy atom. The van der Waals surface area contributed by atoms with Gasteiger partial charge >= 0.3 is 0 Å². The van der Waals surface area contributed by atoms with E-state index in [1.165, 1.54) is 0 Å². The van der Waals surface area contributed by atoms with Crippen molar-refractivity contribution in [2.45, 2.75) is 0 Å². The van der Waals surface area contributed by atoms with Crippen LogP contribution >= 0.6 is 0 Å². The van der Waals surface area contributed by atoms with Crippen LogP contribution in [0.2, 0.25) is 0 Å². The summed E-state index contributed by atoms with van der Waals surface area (Å²) in [5.74, 6) is 0. The molecule has 0 aliphatic heterocycles. The molecule has 4 rings (SSSR count). The van der Waals surface area contributed by atoms with Gasteiger partial charge in [-0.3, -0.25) is 5.10 Å². The minimum atomic E-state index is 0.676. The maximum Gasteiger partial charge on any atom is 0.0730 e. The predicted molar refractivity (Wildman–Crippen MR) is 86.7 cm³/mol. The molecule has 0 spiro atoms. The van der Waals surface area contributed by atoms with Crippen LogP contribution in [0.15, 0.2) is 60.9 Å². The number of para-hydroxylation sites is 2. The number of anilines is 2. The van der Waals surface area contributed by atoms with Crippen LogP contribution in [0.4, 0.5) is 11.4 Å². The van der Waals surface area contributed by atoms with Crippen LogP contribution in [0, 0.1) is 0 Å². The molecular formula is C16H15N5. The summed E-state index contributed by atoms with van der Waals surface area (Å²) in [7, 11) is 0. The van der Waals surface area contributed by atoms with Crippen LogP contribution in [-0.2, 0) is 0 Å². The van der Waals surface area contributed by atoms with E-state index in [0.717, 1.165) is 27.5 Å². The van der Waals surface area contributed by atoms with Gasteiger partial charge in [0, 0.05) is 17.0 Å². The molecule has 104 valence electrons. The zero-order valence-corrected chi connectivity index (χ0v) is 11.3. The molecule has 5 nitrogen and oxygen atoms in total. The minimum absolute atomic E-state index is 0.676. The Kier molecular flexibility index (Phi) is 3.39. The van der Waals surface area contributed by atoms with Crippen LogP contribution in [0.5, 0.6) is 0 Å². The topological polar surface area (TPSA) is 93.6 Å². The fourth-order valence-corrected chi connectivity index (χ4v) is 2.13. The lowest BCUT2D eigenvalue weighted by molar-refractivity contribution is 1.09. The summed E-state index contributed by atoms with van der Waals surface area (Å²) >= 11 is 0. The molecule has 5 heteroatoms. The largest absolute Gasteiger partial charge is 0.398 e. The van der Waals surface area contributed by atoms with Gasteiger partial charge in [0.05, 0.1) is 28.6 Å². The third-order valence-electron chi connectivity index (χ3n) is 3.15. The first-order valence-corrected chi connectivity index (χ1v) is 6.53. The molecule has 2 aromatic heterocycles. The predicted octanol–water partition coefficient (Wildman–Crippen LogP) is 2.96. The maximum atomic E-state index is 6.11. The smallest absolute Gasteiger partial charge is 0.0730 e. The second kappa shape index (κ2) is 5.50. The highest BCUT2D eigenvalue weighted by Gasteiger charge is 2.03. The van der Waals surface area contributed by atoms with E-state index in [4.69, 9.17) is 11.5 Å². The van der Waals surface area contributed by atoms with E-state index in [1.807, 2.05) is 48.5 Å². The molecule has 0 unspecified atom stereocenters. The Morgan fingerprint density at radius 3 is 1.81 bits per heavy atom. The molecule has 0 amide bonds. The minimum Gasteiger partial charge on any atom is -0.398 e. The number of fused-ring (bicyclic) bond motifs is 2. The van der Waals surface area contributed by atoms with Crippen molar-refractivity contribution >= 4 is 33.2 Å². The SMILES string of the molecule is Nc1c2ccccc2nc2ccccc12.Nc1cn[nH]c1. The summed E-state index contributed by atoms with van der Waals surface area (Å²) in [5, 5.41) is 8.17. The van der Waals surface area contributed by atoms with E-state index in [1.54, 1.807) is 12.4 Å². The molecule has 5 N–H and O–H groups in total. The van der Waals surface area contributed by atoms with Crippen molar-refractivity contribution in [2.75, 3.05) is 11.5 Å². The molecule has 0 radical (unpaired) electrons. The number of nitrogen functional groups attached to an aromatic ring is 2. The highest BCUT2D eigenvalue weighted by atomic mass is 15.1. The van der Waals surface area contributed by atoms with Gasteiger partial charge in [0.25, 0.3) is 0 Å². The maximum absolute atomic E-state index is 6.11. The quantitative estimate of drug-likeness (QED) is 0.431. The van der Waals surface area contributed by atoms with Crippen molar-refractivity contribution < 1.29 is 0 Å². The number of aromatic amines is 1. The lowest BCUT2D eigenvalue weighted by atomic mass is 10.1. The number of rotatable bonds is 0. The van der Waals surface area contributed by atoms with Crippen LogP contribution < -0.4 is 11.5 Å². The normalized spacial score (nSPS) is 10.3. The summed E-state index contributed by atoms with van der Waals surface area (Å²) in [5.41, 5.74) is 14.7. The molecular weight excluding hydrogens is 262 g/mol. The number of nitrogens with two attached hydrogens (primary N) is 2. The number of nitrogens with zero attached hydrogens (tertiary/aromatic N) is 2. The summed E-state index contributed by atoms with van der Waals surface area (Å²) in [6, 6.07) is 15.9. The van der Waals surface area contributed by atoms with Gasteiger partial charge in [-0.1, -0.05) is 36.4 Å². The number of nitrogens with one attached hydrogen (secondary N) is 1. The van der Waals surface area contributed by atoms with Crippen molar-refractivity contribution in [1.29, 1.82) is 0 Å². The second-order valence-corrected chi connectivity index (χ2v) is 4.59. The summed E-state index contributed by atoms with van der Waals surface area (Å²) in [4.78, 5) is 4.56. The number of H-pyrrole nitrogens is 1. The first-order valence-electron chi connectivity index (χ1n) is 6.53. The lowest BCUT2D eigenvalue weighted by Crippen LogP contribution is -1.91. The Balaban J connectivity index is 0.000000186. The van der Waals surface area contributed by atoms with Crippen molar-refractivity contribution in [3.63, 3.8) is 0 Å². The number of benzene rings is 2. The van der Waals surface area contributed by atoms with Gasteiger partial charge in [-0.05, 0) is 12.1 Å². The number of hydrogen-bond donors (Lipinski definition) is 3. The summed E-state index contributed by atoms with van der Waals surface area (Å²) < 4.78 is 0.